The highest BCUT2D eigenvalue weighted by atomic mass is 16.4. The van der Waals surface area contributed by atoms with Crippen LogP contribution in [-0.4, -0.2) is 31.6 Å². The Morgan fingerprint density at radius 1 is 1.16 bits per heavy atom. The molecule has 19 heavy (non-hydrogen) atoms. The van der Waals surface area contributed by atoms with Crippen LogP contribution in [0.3, 0.4) is 0 Å². The quantitative estimate of drug-likeness (QED) is 0.711. The number of carboxylic acids is 1. The van der Waals surface area contributed by atoms with Crippen LogP contribution in [0, 0.1) is 0 Å². The molecule has 0 saturated heterocycles. The number of nitrogens with one attached hydrogen (secondary N) is 1. The maximum absolute atomic E-state index is 10.3. The zero-order valence-electron chi connectivity index (χ0n) is 12.2. The van der Waals surface area contributed by atoms with E-state index in [0.717, 1.165) is 5.56 Å². The van der Waals surface area contributed by atoms with Gasteiger partial charge in [0.2, 0.25) is 0 Å². The molecule has 1 atom stereocenters. The molecule has 1 rings (SSSR count). The Hall–Kier alpha value is -1.39. The molecule has 0 aliphatic heterocycles. The molecule has 4 heteroatoms. The third-order valence-corrected chi connectivity index (χ3v) is 3.10. The predicted molar refractivity (Wildman–Crippen MR) is 75.7 cm³/mol. The monoisotopic (exact) mass is 266 g/mol. The fourth-order valence-electron chi connectivity index (χ4n) is 1.70. The third kappa shape index (κ3) is 8.35. The van der Waals surface area contributed by atoms with E-state index in [2.05, 4.69) is 20.8 Å². The lowest BCUT2D eigenvalue weighted by Gasteiger charge is -2.11. The molecule has 0 saturated carbocycles. The van der Waals surface area contributed by atoms with Crippen LogP contribution in [-0.2, 0) is 11.2 Å². The van der Waals surface area contributed by atoms with Crippen molar-refractivity contribution < 1.29 is 14.8 Å². The number of carbonyl (C=O) groups is 1. The molecule has 1 aromatic rings. The molecule has 0 unspecified atom stereocenters. The minimum Gasteiger partial charge on any atom is -0.548 e. The van der Waals surface area contributed by atoms with E-state index < -0.39 is 12.0 Å². The molecule has 0 aliphatic carbocycles. The molecule has 0 spiro atoms. The Morgan fingerprint density at radius 2 is 1.63 bits per heavy atom. The van der Waals surface area contributed by atoms with Gasteiger partial charge in [0.15, 0.2) is 0 Å². The summed E-state index contributed by atoms with van der Waals surface area (Å²) in [6.07, 6.45) is 0.323. The van der Waals surface area contributed by atoms with Gasteiger partial charge in [-0.15, -0.1) is 0 Å². The Balaban J connectivity index is 0.000000399. The van der Waals surface area contributed by atoms with Crippen LogP contribution < -0.4 is 15.7 Å². The van der Waals surface area contributed by atoms with Gasteiger partial charge in [0.05, 0.1) is 25.6 Å². The lowest BCUT2D eigenvalue weighted by molar-refractivity contribution is -0.894. The Bertz CT molecular complexity index is 332. The first-order chi connectivity index (χ1) is 9.04. The first-order valence-electron chi connectivity index (χ1n) is 6.88. The van der Waals surface area contributed by atoms with Gasteiger partial charge in [-0.3, -0.25) is 0 Å². The summed E-state index contributed by atoms with van der Waals surface area (Å²) in [4.78, 5) is 11.9. The SMILES string of the molecule is CC[NH+](CC)CC.N[C@@H](Cc1ccccc1)C(=O)[O-]. The zero-order valence-corrected chi connectivity index (χ0v) is 12.2. The van der Waals surface area contributed by atoms with Crippen molar-refractivity contribution >= 4 is 5.97 Å². The average Bonchev–Trinajstić information content (AvgIpc) is 2.42. The molecule has 0 aromatic heterocycles. The summed E-state index contributed by atoms with van der Waals surface area (Å²) >= 11 is 0. The summed E-state index contributed by atoms with van der Waals surface area (Å²) in [6, 6.07) is 8.32. The molecule has 108 valence electrons. The number of benzene rings is 1. The summed E-state index contributed by atoms with van der Waals surface area (Å²) in [7, 11) is 0. The number of aliphatic carboxylic acids is 1. The molecule has 0 heterocycles. The number of carbonyl (C=O) groups excluding carboxylic acids is 1. The molecule has 0 fully saturated rings. The lowest BCUT2D eigenvalue weighted by atomic mass is 10.1. The number of carboxylic acid groups (broad SMARTS) is 1. The normalized spacial score (nSPS) is 11.6. The maximum Gasteiger partial charge on any atom is 0.0742 e. The Labute approximate surface area is 116 Å². The van der Waals surface area contributed by atoms with Crippen molar-refractivity contribution in [3.05, 3.63) is 35.9 Å². The summed E-state index contributed by atoms with van der Waals surface area (Å²) in [5.74, 6) is -1.21. The number of quaternary nitrogens is 1. The van der Waals surface area contributed by atoms with Crippen molar-refractivity contribution in [3.63, 3.8) is 0 Å². The molecule has 3 N–H and O–H groups in total. The fraction of sp³-hybridized carbons (Fsp3) is 0.533. The molecule has 1 aromatic carbocycles. The topological polar surface area (TPSA) is 70.6 Å². The van der Waals surface area contributed by atoms with E-state index >= 15 is 0 Å². The molecule has 0 radical (unpaired) electrons. The minimum atomic E-state index is -1.21. The van der Waals surface area contributed by atoms with E-state index in [4.69, 9.17) is 5.73 Å². The molecule has 0 amide bonds. The third-order valence-electron chi connectivity index (χ3n) is 3.10. The summed E-state index contributed by atoms with van der Waals surface area (Å²) in [5, 5.41) is 10.3. The van der Waals surface area contributed by atoms with Gasteiger partial charge >= 0.3 is 0 Å². The lowest BCUT2D eigenvalue weighted by Crippen LogP contribution is -3.11. The molecule has 0 aliphatic rings. The first kappa shape index (κ1) is 17.6. The summed E-state index contributed by atoms with van der Waals surface area (Å²) < 4.78 is 0. The van der Waals surface area contributed by atoms with Crippen LogP contribution in [0.25, 0.3) is 0 Å². The second kappa shape index (κ2) is 10.5. The van der Waals surface area contributed by atoms with Gasteiger partial charge in [-0.05, 0) is 32.8 Å². The first-order valence-corrected chi connectivity index (χ1v) is 6.88. The highest BCUT2D eigenvalue weighted by Gasteiger charge is 2.03. The van der Waals surface area contributed by atoms with Gasteiger partial charge in [-0.2, -0.15) is 0 Å². The van der Waals surface area contributed by atoms with E-state index in [1.165, 1.54) is 19.6 Å². The summed E-state index contributed by atoms with van der Waals surface area (Å²) in [5.41, 5.74) is 6.20. The van der Waals surface area contributed by atoms with Crippen molar-refractivity contribution in [1.29, 1.82) is 0 Å². The number of rotatable bonds is 6. The summed E-state index contributed by atoms with van der Waals surface area (Å²) in [6.45, 7) is 10.5. The Kier molecular flexibility index (Phi) is 9.75. The van der Waals surface area contributed by atoms with Gasteiger partial charge < -0.3 is 20.5 Å². The van der Waals surface area contributed by atoms with Gasteiger partial charge in [0, 0.05) is 6.04 Å². The Morgan fingerprint density at radius 3 is 1.95 bits per heavy atom. The van der Waals surface area contributed by atoms with E-state index in [0.29, 0.717) is 6.42 Å². The van der Waals surface area contributed by atoms with Crippen molar-refractivity contribution in [2.24, 2.45) is 5.73 Å². The smallest absolute Gasteiger partial charge is 0.0742 e. The van der Waals surface area contributed by atoms with Crippen molar-refractivity contribution in [1.82, 2.24) is 0 Å². The van der Waals surface area contributed by atoms with E-state index in [-0.39, 0.29) is 0 Å². The van der Waals surface area contributed by atoms with Crippen molar-refractivity contribution in [3.8, 4) is 0 Å². The van der Waals surface area contributed by atoms with Gasteiger partial charge in [-0.25, -0.2) is 0 Å². The van der Waals surface area contributed by atoms with Crippen LogP contribution in [0.1, 0.15) is 26.3 Å². The molecule has 0 bridgehead atoms. The fourth-order valence-corrected chi connectivity index (χ4v) is 1.70. The molecular formula is C15H26N2O2. The number of nitrogens with two attached hydrogens (primary N) is 1. The van der Waals surface area contributed by atoms with Crippen molar-refractivity contribution in [2.45, 2.75) is 33.2 Å². The van der Waals surface area contributed by atoms with E-state index in [1.54, 1.807) is 4.90 Å². The van der Waals surface area contributed by atoms with Crippen LogP contribution >= 0.6 is 0 Å². The molecule has 4 nitrogen and oxygen atoms in total. The predicted octanol–water partition coefficient (Wildman–Crippen LogP) is -0.763. The van der Waals surface area contributed by atoms with Crippen LogP contribution in [0.5, 0.6) is 0 Å². The highest BCUT2D eigenvalue weighted by molar-refractivity contribution is 5.71. The minimum absolute atomic E-state index is 0.323. The van der Waals surface area contributed by atoms with Gasteiger partial charge in [0.25, 0.3) is 0 Å². The van der Waals surface area contributed by atoms with Crippen molar-refractivity contribution in [2.75, 3.05) is 19.6 Å². The maximum atomic E-state index is 10.3. The largest absolute Gasteiger partial charge is 0.548 e. The highest BCUT2D eigenvalue weighted by Crippen LogP contribution is 2.00. The van der Waals surface area contributed by atoms with Gasteiger partial charge in [0.1, 0.15) is 0 Å². The van der Waals surface area contributed by atoms with Crippen LogP contribution in [0.4, 0.5) is 0 Å². The van der Waals surface area contributed by atoms with Gasteiger partial charge in [-0.1, -0.05) is 30.3 Å². The molecular weight excluding hydrogens is 240 g/mol. The second-order valence-corrected chi connectivity index (χ2v) is 4.43. The average molecular weight is 266 g/mol. The van der Waals surface area contributed by atoms with Crippen LogP contribution in [0.15, 0.2) is 30.3 Å². The van der Waals surface area contributed by atoms with E-state index in [9.17, 15) is 9.90 Å². The zero-order chi connectivity index (χ0) is 14.7. The second-order valence-electron chi connectivity index (χ2n) is 4.43. The number of hydrogen-bond donors (Lipinski definition) is 2. The van der Waals surface area contributed by atoms with E-state index in [1.807, 2.05) is 30.3 Å². The number of hydrogen-bond acceptors (Lipinski definition) is 3. The standard InChI is InChI=1S/C9H11NO2.C6H15N/c10-8(9(11)12)6-7-4-2-1-3-5-7;1-4-7(5-2)6-3/h1-5,8H,6,10H2,(H,11,12);4-6H2,1-3H3/t8-;/m0./s1. The van der Waals surface area contributed by atoms with Crippen LogP contribution in [0.2, 0.25) is 0 Å².